The summed E-state index contributed by atoms with van der Waals surface area (Å²) < 4.78 is 1.35. The van der Waals surface area contributed by atoms with E-state index < -0.39 is 0 Å². The van der Waals surface area contributed by atoms with Crippen LogP contribution in [0.2, 0.25) is 0 Å². The van der Waals surface area contributed by atoms with E-state index in [0.717, 1.165) is 32.7 Å². The first-order valence-corrected chi connectivity index (χ1v) is 11.0. The second-order valence-corrected chi connectivity index (χ2v) is 8.13. The predicted octanol–water partition coefficient (Wildman–Crippen LogP) is 3.60. The molecule has 1 fully saturated rings. The Balaban J connectivity index is 1.40. The van der Waals surface area contributed by atoms with Gasteiger partial charge in [-0.05, 0) is 34.5 Å². The van der Waals surface area contributed by atoms with Gasteiger partial charge in [0, 0.05) is 50.5 Å². The van der Waals surface area contributed by atoms with Gasteiger partial charge in [-0.1, -0.05) is 18.2 Å². The van der Waals surface area contributed by atoms with Crippen molar-refractivity contribution in [3.63, 3.8) is 0 Å². The van der Waals surface area contributed by atoms with Crippen molar-refractivity contribution in [1.82, 2.24) is 19.9 Å². The number of aromatic nitrogens is 3. The predicted molar refractivity (Wildman–Crippen MR) is 127 cm³/mol. The van der Waals surface area contributed by atoms with Crippen LogP contribution in [0.3, 0.4) is 0 Å². The summed E-state index contributed by atoms with van der Waals surface area (Å²) in [6, 6.07) is 8.97. The summed E-state index contributed by atoms with van der Waals surface area (Å²) in [7, 11) is 0. The molecule has 1 aliphatic rings. The van der Waals surface area contributed by atoms with Crippen molar-refractivity contribution >= 4 is 39.3 Å². The van der Waals surface area contributed by atoms with E-state index in [0.29, 0.717) is 30.9 Å². The Morgan fingerprint density at radius 2 is 1.63 bits per heavy atom. The summed E-state index contributed by atoms with van der Waals surface area (Å²) in [6.45, 7) is 13.4. The van der Waals surface area contributed by atoms with Crippen LogP contribution < -0.4 is 15.5 Å². The topological polar surface area (TPSA) is 69.2 Å². The van der Waals surface area contributed by atoms with E-state index in [9.17, 15) is 0 Å². The maximum atomic E-state index is 4.60. The number of benzene rings is 1. The van der Waals surface area contributed by atoms with E-state index in [2.05, 4.69) is 78.2 Å². The molecule has 1 aliphatic heterocycles. The lowest BCUT2D eigenvalue weighted by molar-refractivity contribution is 0.249. The van der Waals surface area contributed by atoms with Gasteiger partial charge in [-0.3, -0.25) is 4.90 Å². The molecule has 0 saturated carbocycles. The Labute approximate surface area is 181 Å². The van der Waals surface area contributed by atoms with Crippen LogP contribution in [-0.2, 0) is 6.54 Å². The minimum Gasteiger partial charge on any atom is -0.351 e. The van der Waals surface area contributed by atoms with Crippen LogP contribution in [0.25, 0.3) is 10.1 Å². The number of rotatable bonds is 9. The Bertz CT molecular complexity index is 977. The average Bonchev–Trinajstić information content (AvgIpc) is 3.24. The third-order valence-electron chi connectivity index (χ3n) is 5.01. The third-order valence-corrected chi connectivity index (χ3v) is 5.91. The van der Waals surface area contributed by atoms with Gasteiger partial charge in [0.05, 0.1) is 0 Å². The highest BCUT2D eigenvalue weighted by molar-refractivity contribution is 7.17. The molecule has 1 aromatic carbocycles. The zero-order valence-corrected chi connectivity index (χ0v) is 17.9. The number of fused-ring (bicyclic) bond motifs is 1. The number of nitrogens with one attached hydrogen (secondary N) is 2. The molecule has 0 spiro atoms. The maximum Gasteiger partial charge on any atom is 0.232 e. The number of nitrogens with zero attached hydrogens (tertiary/aromatic N) is 5. The zero-order chi connectivity index (χ0) is 20.8. The quantitative estimate of drug-likeness (QED) is 0.512. The molecule has 3 aromatic rings. The van der Waals surface area contributed by atoms with Gasteiger partial charge in [0.25, 0.3) is 0 Å². The van der Waals surface area contributed by atoms with Crippen molar-refractivity contribution < 1.29 is 0 Å². The van der Waals surface area contributed by atoms with Crippen LogP contribution >= 0.6 is 11.3 Å². The third kappa shape index (κ3) is 4.95. The molecule has 1 saturated heterocycles. The van der Waals surface area contributed by atoms with E-state index >= 15 is 0 Å². The minimum atomic E-state index is 0.554. The van der Waals surface area contributed by atoms with Gasteiger partial charge in [0.1, 0.15) is 0 Å². The SMILES string of the molecule is C=CCNc1nc(NCC=C)nc(N2CCN(Cc3ccc4sccc4c3)CC2)n1. The summed E-state index contributed by atoms with van der Waals surface area (Å²) in [5, 5.41) is 9.81. The Morgan fingerprint density at radius 3 is 2.30 bits per heavy atom. The van der Waals surface area contributed by atoms with Gasteiger partial charge in [-0.25, -0.2) is 0 Å². The van der Waals surface area contributed by atoms with Crippen molar-refractivity contribution in [3.8, 4) is 0 Å². The molecule has 0 aliphatic carbocycles. The molecular formula is C22H27N7S. The molecule has 2 aromatic heterocycles. The number of thiophene rings is 1. The largest absolute Gasteiger partial charge is 0.351 e. The van der Waals surface area contributed by atoms with Gasteiger partial charge in [-0.2, -0.15) is 15.0 Å². The lowest BCUT2D eigenvalue weighted by Crippen LogP contribution is -2.46. The smallest absolute Gasteiger partial charge is 0.232 e. The fraction of sp³-hybridized carbons (Fsp3) is 0.318. The van der Waals surface area contributed by atoms with Gasteiger partial charge in [-0.15, -0.1) is 24.5 Å². The normalized spacial score (nSPS) is 14.6. The van der Waals surface area contributed by atoms with Crippen molar-refractivity contribution in [3.05, 3.63) is 60.5 Å². The fourth-order valence-electron chi connectivity index (χ4n) is 3.47. The molecule has 0 radical (unpaired) electrons. The fourth-order valence-corrected chi connectivity index (χ4v) is 4.24. The summed E-state index contributed by atoms with van der Waals surface area (Å²) in [5.41, 5.74) is 1.36. The van der Waals surface area contributed by atoms with Crippen LogP contribution in [0, 0.1) is 0 Å². The number of hydrogen-bond acceptors (Lipinski definition) is 8. The first-order chi connectivity index (χ1) is 14.7. The minimum absolute atomic E-state index is 0.554. The van der Waals surface area contributed by atoms with E-state index in [1.807, 2.05) is 0 Å². The number of hydrogen-bond donors (Lipinski definition) is 2. The highest BCUT2D eigenvalue weighted by atomic mass is 32.1. The van der Waals surface area contributed by atoms with Crippen LogP contribution in [0.4, 0.5) is 17.8 Å². The van der Waals surface area contributed by atoms with Gasteiger partial charge in [0.15, 0.2) is 0 Å². The van der Waals surface area contributed by atoms with E-state index in [1.165, 1.54) is 15.6 Å². The summed E-state index contributed by atoms with van der Waals surface area (Å²) in [5.74, 6) is 1.80. The zero-order valence-electron chi connectivity index (χ0n) is 17.0. The Kier molecular flexibility index (Phi) is 6.56. The summed E-state index contributed by atoms with van der Waals surface area (Å²) in [6.07, 6.45) is 3.57. The summed E-state index contributed by atoms with van der Waals surface area (Å²) >= 11 is 1.79. The van der Waals surface area contributed by atoms with Crippen LogP contribution in [0.5, 0.6) is 0 Å². The standard InChI is InChI=1S/C22H27N7S/c1-3-8-23-20-25-21(24-9-4-2)27-22(26-20)29-12-10-28(11-13-29)16-17-5-6-19-18(15-17)7-14-30-19/h3-7,14-15H,1-2,8-13,16H2,(H2,23,24,25,26,27). The highest BCUT2D eigenvalue weighted by Crippen LogP contribution is 2.23. The molecule has 4 rings (SSSR count). The molecule has 30 heavy (non-hydrogen) atoms. The molecule has 156 valence electrons. The van der Waals surface area contributed by atoms with Crippen LogP contribution in [-0.4, -0.2) is 59.1 Å². The lowest BCUT2D eigenvalue weighted by Gasteiger charge is -2.34. The second kappa shape index (κ2) is 9.69. The summed E-state index contributed by atoms with van der Waals surface area (Å²) in [4.78, 5) is 18.3. The van der Waals surface area contributed by atoms with E-state index in [1.54, 1.807) is 23.5 Å². The molecule has 8 heteroatoms. The van der Waals surface area contributed by atoms with Gasteiger partial charge in [0.2, 0.25) is 17.8 Å². The molecule has 2 N–H and O–H groups in total. The average molecular weight is 422 g/mol. The maximum absolute atomic E-state index is 4.60. The van der Waals surface area contributed by atoms with Crippen LogP contribution in [0.15, 0.2) is 55.0 Å². The Morgan fingerprint density at radius 1 is 0.933 bits per heavy atom. The van der Waals surface area contributed by atoms with Crippen molar-refractivity contribution in [2.24, 2.45) is 0 Å². The molecule has 0 atom stereocenters. The van der Waals surface area contributed by atoms with Gasteiger partial charge < -0.3 is 15.5 Å². The van der Waals surface area contributed by atoms with Crippen molar-refractivity contribution in [2.45, 2.75) is 6.54 Å². The molecule has 7 nitrogen and oxygen atoms in total. The number of piperazine rings is 1. The number of anilines is 3. The monoisotopic (exact) mass is 421 g/mol. The first kappa shape index (κ1) is 20.3. The lowest BCUT2D eigenvalue weighted by atomic mass is 10.1. The Hall–Kier alpha value is -2.97. The van der Waals surface area contributed by atoms with Crippen LogP contribution in [0.1, 0.15) is 5.56 Å². The van der Waals surface area contributed by atoms with Gasteiger partial charge >= 0.3 is 0 Å². The van der Waals surface area contributed by atoms with Crippen molar-refractivity contribution in [1.29, 1.82) is 0 Å². The first-order valence-electron chi connectivity index (χ1n) is 10.1. The highest BCUT2D eigenvalue weighted by Gasteiger charge is 2.20. The van der Waals surface area contributed by atoms with E-state index in [4.69, 9.17) is 0 Å². The molecule has 0 unspecified atom stereocenters. The molecular weight excluding hydrogens is 394 g/mol. The molecule has 0 bridgehead atoms. The molecule has 3 heterocycles. The molecule has 0 amide bonds. The second-order valence-electron chi connectivity index (χ2n) is 7.18. The van der Waals surface area contributed by atoms with E-state index in [-0.39, 0.29) is 0 Å². The van der Waals surface area contributed by atoms with Crippen molar-refractivity contribution in [2.75, 3.05) is 54.8 Å².